The van der Waals surface area contributed by atoms with Gasteiger partial charge in [0.25, 0.3) is 0 Å². The van der Waals surface area contributed by atoms with Gasteiger partial charge in [-0.05, 0) is 38.7 Å². The number of piperidine rings is 1. The van der Waals surface area contributed by atoms with Gasteiger partial charge in [0.2, 0.25) is 16.8 Å². The van der Waals surface area contributed by atoms with Crippen LogP contribution in [-0.4, -0.2) is 62.1 Å². The van der Waals surface area contributed by atoms with E-state index in [9.17, 15) is 14.4 Å². The first-order chi connectivity index (χ1) is 18.1. The van der Waals surface area contributed by atoms with E-state index in [1.165, 1.54) is 16.2 Å². The molecule has 2 aromatic heterocycles. The molecule has 39 heavy (non-hydrogen) atoms. The van der Waals surface area contributed by atoms with Crippen LogP contribution in [0.1, 0.15) is 63.7 Å². The van der Waals surface area contributed by atoms with Crippen molar-refractivity contribution in [3.63, 3.8) is 0 Å². The lowest BCUT2D eigenvalue weighted by atomic mass is 10.0. The third kappa shape index (κ3) is 7.31. The van der Waals surface area contributed by atoms with Gasteiger partial charge in [-0.25, -0.2) is 4.79 Å². The number of thiazole rings is 1. The minimum absolute atomic E-state index is 0. The Morgan fingerprint density at radius 2 is 1.92 bits per heavy atom. The first-order valence-corrected chi connectivity index (χ1v) is 13.3. The molecule has 2 atom stereocenters. The van der Waals surface area contributed by atoms with E-state index < -0.39 is 29.6 Å². The summed E-state index contributed by atoms with van der Waals surface area (Å²) >= 11 is 1.32. The lowest BCUT2D eigenvalue weighted by Gasteiger charge is -2.32. The summed E-state index contributed by atoms with van der Waals surface area (Å²) < 4.78 is 13.2. The fraction of sp³-hybridized carbons (Fsp3) is 0.500. The number of nitrogens with two attached hydrogens (primary N) is 2. The number of amides is 3. The number of primary amides is 1. The topological polar surface area (TPSA) is 167 Å². The summed E-state index contributed by atoms with van der Waals surface area (Å²) in [7, 11) is 0. The Morgan fingerprint density at radius 1 is 1.18 bits per heavy atom. The smallest absolute Gasteiger partial charge is 0.410 e. The Balaban J connectivity index is 0.00000420. The lowest BCUT2D eigenvalue weighted by Crippen LogP contribution is -2.51. The molecule has 1 aliphatic heterocycles. The number of carbonyl (C=O) groups excluding carboxylic acids is 3. The molecule has 1 aromatic carbocycles. The summed E-state index contributed by atoms with van der Waals surface area (Å²) in [5.41, 5.74) is 12.0. The van der Waals surface area contributed by atoms with Gasteiger partial charge in [0, 0.05) is 11.9 Å². The highest BCUT2D eigenvalue weighted by Crippen LogP contribution is 2.24. The summed E-state index contributed by atoms with van der Waals surface area (Å²) in [6.45, 7) is 4.00. The van der Waals surface area contributed by atoms with Gasteiger partial charge in [-0.3, -0.25) is 18.9 Å². The van der Waals surface area contributed by atoms with E-state index in [-0.39, 0.29) is 26.5 Å². The lowest BCUT2D eigenvalue weighted by molar-refractivity contribution is -0.126. The van der Waals surface area contributed by atoms with Crippen LogP contribution in [0, 0.1) is 0 Å². The van der Waals surface area contributed by atoms with E-state index in [0.717, 1.165) is 18.4 Å². The zero-order chi connectivity index (χ0) is 27.3. The molecular weight excluding hydrogens is 522 g/mol. The van der Waals surface area contributed by atoms with Gasteiger partial charge >= 0.3 is 6.09 Å². The molecule has 3 amide bonds. The molecule has 212 valence electrons. The van der Waals surface area contributed by atoms with Crippen LogP contribution in [-0.2, 0) is 32.3 Å². The van der Waals surface area contributed by atoms with Gasteiger partial charge in [-0.1, -0.05) is 37.8 Å². The quantitative estimate of drug-likeness (QED) is 0.341. The molecule has 4 rings (SSSR count). The SMILES string of the molecule is C.CC(C)(N)C(=O)N[C@H](COCc1ccccc1)c1nnc2scc(COC(=O)N3CCCC[C@@H]3C(N)=O)n12. The highest BCUT2D eigenvalue weighted by Gasteiger charge is 2.32. The molecule has 0 bridgehead atoms. The largest absolute Gasteiger partial charge is 0.443 e. The summed E-state index contributed by atoms with van der Waals surface area (Å²) in [5.74, 6) is -0.503. The first-order valence-electron chi connectivity index (χ1n) is 12.4. The third-order valence-electron chi connectivity index (χ3n) is 6.25. The van der Waals surface area contributed by atoms with Crippen molar-refractivity contribution in [1.29, 1.82) is 0 Å². The van der Waals surface area contributed by atoms with Crippen LogP contribution < -0.4 is 16.8 Å². The third-order valence-corrected chi connectivity index (χ3v) is 7.12. The van der Waals surface area contributed by atoms with Crippen LogP contribution in [0.25, 0.3) is 4.96 Å². The molecule has 3 heterocycles. The predicted molar refractivity (Wildman–Crippen MR) is 147 cm³/mol. The van der Waals surface area contributed by atoms with Gasteiger partial charge in [0.15, 0.2) is 5.82 Å². The number of carbonyl (C=O) groups is 3. The van der Waals surface area contributed by atoms with Crippen molar-refractivity contribution in [2.45, 2.75) is 71.4 Å². The van der Waals surface area contributed by atoms with Crippen LogP contribution in [0.3, 0.4) is 0 Å². The van der Waals surface area contributed by atoms with E-state index in [1.54, 1.807) is 23.6 Å². The molecule has 1 saturated heterocycles. The predicted octanol–water partition coefficient (Wildman–Crippen LogP) is 2.51. The molecule has 0 unspecified atom stereocenters. The van der Waals surface area contributed by atoms with Gasteiger partial charge in [0.1, 0.15) is 18.7 Å². The number of likely N-dealkylation sites (tertiary alicyclic amines) is 1. The molecule has 13 heteroatoms. The van der Waals surface area contributed by atoms with Crippen molar-refractivity contribution in [3.05, 3.63) is 52.8 Å². The second kappa shape index (κ2) is 13.0. The van der Waals surface area contributed by atoms with E-state index in [0.29, 0.717) is 36.1 Å². The van der Waals surface area contributed by atoms with Crippen LogP contribution in [0.2, 0.25) is 0 Å². The van der Waals surface area contributed by atoms with Gasteiger partial charge in [-0.15, -0.1) is 21.5 Å². The van der Waals surface area contributed by atoms with Crippen molar-refractivity contribution in [3.8, 4) is 0 Å². The fourth-order valence-electron chi connectivity index (χ4n) is 4.18. The second-order valence-corrected chi connectivity index (χ2v) is 10.7. The molecule has 3 aromatic rings. The minimum atomic E-state index is -1.13. The number of benzene rings is 1. The second-order valence-electron chi connectivity index (χ2n) is 9.81. The Hall–Kier alpha value is -3.55. The number of aromatic nitrogens is 3. The fourth-order valence-corrected chi connectivity index (χ4v) is 5.00. The van der Waals surface area contributed by atoms with Crippen molar-refractivity contribution >= 4 is 34.2 Å². The standard InChI is InChI=1S/C25H33N7O5S.CH4/c1-25(2,27)22(34)28-18(14-36-12-16-8-4-3-5-9-16)21-29-30-23-32(21)17(15-38-23)13-37-24(35)31-11-7-6-10-19(31)20(26)33;/h3-5,8-9,15,18-19H,6-7,10-14,27H2,1-2H3,(H2,26,33)(H,28,34);1H4/t18-,19-;/m1./s1. The number of fused-ring (bicyclic) bond motifs is 1. The number of nitrogens with one attached hydrogen (secondary N) is 1. The summed E-state index contributed by atoms with van der Waals surface area (Å²) in [6, 6.07) is 8.31. The number of ether oxygens (including phenoxy) is 2. The molecule has 1 aliphatic rings. The Morgan fingerprint density at radius 3 is 2.62 bits per heavy atom. The van der Waals surface area contributed by atoms with Crippen LogP contribution in [0.15, 0.2) is 35.7 Å². The van der Waals surface area contributed by atoms with Gasteiger partial charge in [0.05, 0.1) is 24.4 Å². The number of rotatable bonds is 10. The van der Waals surface area contributed by atoms with E-state index in [2.05, 4.69) is 15.5 Å². The Bertz CT molecular complexity index is 1270. The van der Waals surface area contributed by atoms with Crippen molar-refractivity contribution in [2.24, 2.45) is 11.5 Å². The molecular formula is C26H37N7O5S. The summed E-state index contributed by atoms with van der Waals surface area (Å²) in [4.78, 5) is 39.3. The number of hydrogen-bond acceptors (Lipinski definition) is 9. The molecule has 0 saturated carbocycles. The molecule has 1 fully saturated rings. The average Bonchev–Trinajstić information content (AvgIpc) is 3.49. The summed E-state index contributed by atoms with van der Waals surface area (Å²) in [6.07, 6.45) is 1.51. The number of hydrogen-bond donors (Lipinski definition) is 3. The van der Waals surface area contributed by atoms with Crippen LogP contribution in [0.5, 0.6) is 0 Å². The Kier molecular flexibility index (Phi) is 10.0. The minimum Gasteiger partial charge on any atom is -0.443 e. The van der Waals surface area contributed by atoms with E-state index in [4.69, 9.17) is 20.9 Å². The number of nitrogens with zero attached hydrogens (tertiary/aromatic N) is 4. The van der Waals surface area contributed by atoms with Crippen LogP contribution >= 0.6 is 11.3 Å². The van der Waals surface area contributed by atoms with Crippen LogP contribution in [0.4, 0.5) is 4.79 Å². The van der Waals surface area contributed by atoms with Crippen molar-refractivity contribution in [2.75, 3.05) is 13.2 Å². The van der Waals surface area contributed by atoms with Crippen molar-refractivity contribution < 1.29 is 23.9 Å². The maximum Gasteiger partial charge on any atom is 0.410 e. The molecule has 12 nitrogen and oxygen atoms in total. The zero-order valence-corrected chi connectivity index (χ0v) is 22.3. The van der Waals surface area contributed by atoms with Gasteiger partial charge < -0.3 is 26.3 Å². The average molecular weight is 560 g/mol. The first kappa shape index (κ1) is 30.0. The molecule has 0 spiro atoms. The Labute approximate surface area is 231 Å². The molecule has 0 radical (unpaired) electrons. The molecule has 5 N–H and O–H groups in total. The monoisotopic (exact) mass is 559 g/mol. The zero-order valence-electron chi connectivity index (χ0n) is 21.5. The van der Waals surface area contributed by atoms with E-state index >= 15 is 0 Å². The van der Waals surface area contributed by atoms with Crippen molar-refractivity contribution in [1.82, 2.24) is 24.8 Å². The maximum absolute atomic E-state index is 12.8. The maximum atomic E-state index is 12.8. The highest BCUT2D eigenvalue weighted by molar-refractivity contribution is 7.15. The van der Waals surface area contributed by atoms with Gasteiger partial charge in [-0.2, -0.15) is 0 Å². The summed E-state index contributed by atoms with van der Waals surface area (Å²) in [5, 5.41) is 13.3. The van der Waals surface area contributed by atoms with E-state index in [1.807, 2.05) is 30.3 Å². The highest BCUT2D eigenvalue weighted by atomic mass is 32.1. The molecule has 0 aliphatic carbocycles. The normalized spacial score (nSPS) is 16.4.